The first-order valence-electron chi connectivity index (χ1n) is 3.68. The summed E-state index contributed by atoms with van der Waals surface area (Å²) in [6, 6.07) is 0. The molecule has 11 heavy (non-hydrogen) atoms. The summed E-state index contributed by atoms with van der Waals surface area (Å²) in [6.07, 6.45) is 3.39. The first kappa shape index (κ1) is 8.04. The van der Waals surface area contributed by atoms with Gasteiger partial charge in [0.1, 0.15) is 0 Å². The summed E-state index contributed by atoms with van der Waals surface area (Å²) in [5, 5.41) is 3.85. The Morgan fingerprint density at radius 3 is 3.36 bits per heavy atom. The fourth-order valence-electron chi connectivity index (χ4n) is 1.01. The molecule has 1 aliphatic rings. The van der Waals surface area contributed by atoms with E-state index in [0.717, 1.165) is 19.4 Å². The third-order valence-electron chi connectivity index (χ3n) is 1.65. The van der Waals surface area contributed by atoms with Crippen LogP contribution in [0.25, 0.3) is 0 Å². The molecule has 0 fully saturated rings. The highest BCUT2D eigenvalue weighted by Gasteiger charge is 2.17. The highest BCUT2D eigenvalue weighted by molar-refractivity contribution is 5.89. The average Bonchev–Trinajstić information content (AvgIpc) is 2.30. The van der Waals surface area contributed by atoms with Gasteiger partial charge in [0.25, 0.3) is 0 Å². The van der Waals surface area contributed by atoms with Gasteiger partial charge in [0.05, 0.1) is 13.0 Å². The Morgan fingerprint density at radius 1 is 1.82 bits per heavy atom. The number of nitrogens with zero attached hydrogens (tertiary/aromatic N) is 1. The first-order valence-corrected chi connectivity index (χ1v) is 3.68. The Hall–Kier alpha value is -1.06. The summed E-state index contributed by atoms with van der Waals surface area (Å²) in [5.74, 6) is -0.354. The normalized spacial score (nSPS) is 23.5. The Balaban J connectivity index is 2.48. The first-order chi connectivity index (χ1) is 5.34. The number of carbonyl (C=O) groups is 1. The van der Waals surface area contributed by atoms with Crippen LogP contribution in [0.1, 0.15) is 12.8 Å². The van der Waals surface area contributed by atoms with E-state index in [2.05, 4.69) is 15.3 Å². The lowest BCUT2D eigenvalue weighted by molar-refractivity contribution is -0.143. The predicted octanol–water partition coefficient (Wildman–Crippen LogP) is 0.145. The molecule has 1 rings (SSSR count). The Bertz CT molecular complexity index is 168. The number of rotatable bonds is 1. The lowest BCUT2D eigenvalue weighted by atomic mass is 10.1. The maximum Gasteiger partial charge on any atom is 0.314 e. The molecule has 0 radical (unpaired) electrons. The molecule has 0 saturated carbocycles. The third kappa shape index (κ3) is 2.22. The van der Waals surface area contributed by atoms with Crippen molar-refractivity contribution in [1.82, 2.24) is 5.43 Å². The lowest BCUT2D eigenvalue weighted by Gasteiger charge is -2.04. The minimum absolute atomic E-state index is 0.157. The highest BCUT2D eigenvalue weighted by atomic mass is 16.5. The molecule has 1 N–H and O–H groups in total. The van der Waals surface area contributed by atoms with Crippen molar-refractivity contribution < 1.29 is 9.53 Å². The number of carbonyl (C=O) groups excluding carboxylic acids is 1. The standard InChI is InChI=1S/C7H12N2O2/c1-11-7(10)6-3-2-4-8-9-5-6/h5-6,8H,2-4H2,1H3. The quantitative estimate of drug-likeness (QED) is 0.549. The number of methoxy groups -OCH3 is 1. The van der Waals surface area contributed by atoms with Crippen LogP contribution < -0.4 is 5.43 Å². The van der Waals surface area contributed by atoms with E-state index in [1.807, 2.05) is 0 Å². The minimum Gasteiger partial charge on any atom is -0.469 e. The van der Waals surface area contributed by atoms with Crippen molar-refractivity contribution in [3.8, 4) is 0 Å². The second-order valence-corrected chi connectivity index (χ2v) is 2.46. The van der Waals surface area contributed by atoms with Crippen molar-refractivity contribution in [1.29, 1.82) is 0 Å². The van der Waals surface area contributed by atoms with E-state index in [-0.39, 0.29) is 11.9 Å². The molecular formula is C7H12N2O2. The van der Waals surface area contributed by atoms with E-state index in [1.165, 1.54) is 7.11 Å². The van der Waals surface area contributed by atoms with Gasteiger partial charge in [-0.3, -0.25) is 4.79 Å². The number of ether oxygens (including phenoxy) is 1. The molecule has 0 aromatic rings. The van der Waals surface area contributed by atoms with Crippen LogP contribution in [0.3, 0.4) is 0 Å². The molecule has 1 aliphatic heterocycles. The zero-order valence-electron chi connectivity index (χ0n) is 6.54. The van der Waals surface area contributed by atoms with Gasteiger partial charge >= 0.3 is 5.97 Å². The van der Waals surface area contributed by atoms with Gasteiger partial charge in [0.2, 0.25) is 0 Å². The Kier molecular flexibility index (Phi) is 2.89. The van der Waals surface area contributed by atoms with Gasteiger partial charge in [-0.15, -0.1) is 0 Å². The Labute approximate surface area is 65.6 Å². The maximum atomic E-state index is 11.0. The zero-order chi connectivity index (χ0) is 8.10. The summed E-state index contributed by atoms with van der Waals surface area (Å²) in [4.78, 5) is 11.0. The molecule has 4 nitrogen and oxygen atoms in total. The van der Waals surface area contributed by atoms with E-state index in [9.17, 15) is 4.79 Å². The lowest BCUT2D eigenvalue weighted by Crippen LogP contribution is -2.16. The fraction of sp³-hybridized carbons (Fsp3) is 0.714. The van der Waals surface area contributed by atoms with E-state index in [0.29, 0.717) is 0 Å². The smallest absolute Gasteiger partial charge is 0.314 e. The third-order valence-corrected chi connectivity index (χ3v) is 1.65. The monoisotopic (exact) mass is 156 g/mol. The van der Waals surface area contributed by atoms with Crippen LogP contribution in [0, 0.1) is 5.92 Å². The molecule has 0 aliphatic carbocycles. The second kappa shape index (κ2) is 3.95. The molecule has 0 amide bonds. The highest BCUT2D eigenvalue weighted by Crippen LogP contribution is 2.07. The summed E-state index contributed by atoms with van der Waals surface area (Å²) >= 11 is 0. The van der Waals surface area contributed by atoms with Gasteiger partial charge < -0.3 is 10.2 Å². The van der Waals surface area contributed by atoms with Gasteiger partial charge in [-0.2, -0.15) is 5.10 Å². The van der Waals surface area contributed by atoms with Crippen LogP contribution in [0.4, 0.5) is 0 Å². The van der Waals surface area contributed by atoms with Crippen LogP contribution in [0.2, 0.25) is 0 Å². The number of esters is 1. The molecule has 62 valence electrons. The fourth-order valence-corrected chi connectivity index (χ4v) is 1.01. The zero-order valence-corrected chi connectivity index (χ0v) is 6.54. The van der Waals surface area contributed by atoms with Crippen molar-refractivity contribution in [3.63, 3.8) is 0 Å². The molecule has 0 spiro atoms. The largest absolute Gasteiger partial charge is 0.469 e. The van der Waals surface area contributed by atoms with Crippen LogP contribution in [-0.2, 0) is 9.53 Å². The number of nitrogens with one attached hydrogen (secondary N) is 1. The molecule has 0 bridgehead atoms. The topological polar surface area (TPSA) is 50.7 Å². The molecule has 1 unspecified atom stereocenters. The van der Waals surface area contributed by atoms with E-state index in [4.69, 9.17) is 0 Å². The average molecular weight is 156 g/mol. The second-order valence-electron chi connectivity index (χ2n) is 2.46. The summed E-state index contributed by atoms with van der Waals surface area (Å²) in [5.41, 5.74) is 2.82. The van der Waals surface area contributed by atoms with Crippen molar-refractivity contribution in [2.45, 2.75) is 12.8 Å². The van der Waals surface area contributed by atoms with E-state index >= 15 is 0 Å². The molecule has 0 saturated heterocycles. The van der Waals surface area contributed by atoms with Crippen molar-refractivity contribution in [3.05, 3.63) is 0 Å². The van der Waals surface area contributed by atoms with Gasteiger partial charge in [0.15, 0.2) is 0 Å². The van der Waals surface area contributed by atoms with Crippen LogP contribution >= 0.6 is 0 Å². The van der Waals surface area contributed by atoms with Gasteiger partial charge in [0, 0.05) is 12.8 Å². The van der Waals surface area contributed by atoms with Crippen molar-refractivity contribution >= 4 is 12.2 Å². The minimum atomic E-state index is -0.197. The van der Waals surface area contributed by atoms with Gasteiger partial charge in [-0.1, -0.05) is 0 Å². The molecule has 1 heterocycles. The van der Waals surface area contributed by atoms with Crippen molar-refractivity contribution in [2.75, 3.05) is 13.7 Å². The summed E-state index contributed by atoms with van der Waals surface area (Å²) in [6.45, 7) is 0.837. The van der Waals surface area contributed by atoms with Crippen LogP contribution in [0.5, 0.6) is 0 Å². The van der Waals surface area contributed by atoms with E-state index in [1.54, 1.807) is 6.21 Å². The summed E-state index contributed by atoms with van der Waals surface area (Å²) < 4.78 is 4.59. The van der Waals surface area contributed by atoms with Crippen molar-refractivity contribution in [2.24, 2.45) is 11.0 Å². The maximum absolute atomic E-state index is 11.0. The van der Waals surface area contributed by atoms with Crippen LogP contribution in [0.15, 0.2) is 5.10 Å². The molecule has 4 heteroatoms. The molecule has 1 atom stereocenters. The van der Waals surface area contributed by atoms with Crippen LogP contribution in [-0.4, -0.2) is 25.8 Å². The summed E-state index contributed by atoms with van der Waals surface area (Å²) in [7, 11) is 1.40. The molecule has 0 aromatic carbocycles. The predicted molar refractivity (Wildman–Crippen MR) is 41.2 cm³/mol. The van der Waals surface area contributed by atoms with Gasteiger partial charge in [-0.05, 0) is 12.8 Å². The SMILES string of the molecule is COC(=O)C1C=NNCCC1. The number of hydrogen-bond donors (Lipinski definition) is 1. The number of hydrazone groups is 1. The van der Waals surface area contributed by atoms with Gasteiger partial charge in [-0.25, -0.2) is 0 Å². The number of hydrogen-bond acceptors (Lipinski definition) is 4. The van der Waals surface area contributed by atoms with E-state index < -0.39 is 0 Å². The molecular weight excluding hydrogens is 144 g/mol. The molecule has 0 aromatic heterocycles. The Morgan fingerprint density at radius 2 is 2.64 bits per heavy atom.